The van der Waals surface area contributed by atoms with Crippen molar-refractivity contribution in [2.75, 3.05) is 43.4 Å². The van der Waals surface area contributed by atoms with Gasteiger partial charge in [-0.1, -0.05) is 30.3 Å². The number of nitrogens with zero attached hydrogens (tertiary/aromatic N) is 4. The molecule has 2 aromatic carbocycles. The molecule has 1 saturated heterocycles. The number of likely N-dealkylation sites (N-methyl/N-ethyl adjacent to an activating group) is 1. The molecule has 0 amide bonds. The summed E-state index contributed by atoms with van der Waals surface area (Å²) in [5.74, 6) is 3.41. The number of nitrogens with one attached hydrogen (secondary N) is 1. The summed E-state index contributed by atoms with van der Waals surface area (Å²) >= 11 is 0. The first-order valence-electron chi connectivity index (χ1n) is 9.99. The van der Waals surface area contributed by atoms with Crippen LogP contribution >= 0.6 is 0 Å². The van der Waals surface area contributed by atoms with Crippen molar-refractivity contribution < 1.29 is 4.74 Å². The fourth-order valence-electron chi connectivity index (χ4n) is 3.34. The molecule has 0 aliphatic carbocycles. The first-order valence-corrected chi connectivity index (χ1v) is 9.99. The molecular formula is C23H27N5O. The molecule has 0 radical (unpaired) electrons. The summed E-state index contributed by atoms with van der Waals surface area (Å²) in [6.45, 7) is 6.57. The summed E-state index contributed by atoms with van der Waals surface area (Å²) in [6, 6.07) is 20.2. The van der Waals surface area contributed by atoms with Gasteiger partial charge < -0.3 is 19.9 Å². The highest BCUT2D eigenvalue weighted by atomic mass is 16.5. The summed E-state index contributed by atoms with van der Waals surface area (Å²) < 4.78 is 5.86. The van der Waals surface area contributed by atoms with Crippen LogP contribution in [0.4, 0.5) is 17.3 Å². The van der Waals surface area contributed by atoms with Gasteiger partial charge in [0.05, 0.1) is 0 Å². The molecule has 3 aromatic rings. The molecule has 6 nitrogen and oxygen atoms in total. The van der Waals surface area contributed by atoms with Gasteiger partial charge in [-0.2, -0.15) is 0 Å². The van der Waals surface area contributed by atoms with E-state index >= 15 is 0 Å². The third kappa shape index (κ3) is 5.23. The summed E-state index contributed by atoms with van der Waals surface area (Å²) in [6.07, 6.45) is 0. The molecule has 2 heterocycles. The molecule has 0 bridgehead atoms. The van der Waals surface area contributed by atoms with E-state index in [4.69, 9.17) is 4.74 Å². The molecule has 29 heavy (non-hydrogen) atoms. The van der Waals surface area contributed by atoms with Gasteiger partial charge in [-0.3, -0.25) is 0 Å². The number of ether oxygens (including phenoxy) is 1. The van der Waals surface area contributed by atoms with Crippen molar-refractivity contribution in [3.8, 4) is 5.75 Å². The summed E-state index contributed by atoms with van der Waals surface area (Å²) in [4.78, 5) is 13.8. The molecule has 0 unspecified atom stereocenters. The Hall–Kier alpha value is -3.12. The SMILES string of the molecule is Cc1nc(Nc2ccc(OCc3ccccc3)cc2)cc(N2CCN(C)CC2)n1. The Balaban J connectivity index is 1.39. The standard InChI is InChI=1S/C23H27N5O/c1-18-24-22(16-23(25-18)28-14-12-27(2)13-15-28)26-20-8-10-21(11-9-20)29-17-19-6-4-3-5-7-19/h3-11,16H,12-15,17H2,1-2H3,(H,24,25,26). The van der Waals surface area contributed by atoms with Gasteiger partial charge >= 0.3 is 0 Å². The molecular weight excluding hydrogens is 362 g/mol. The van der Waals surface area contributed by atoms with E-state index in [2.05, 4.69) is 44.3 Å². The second kappa shape index (κ2) is 8.92. The van der Waals surface area contributed by atoms with Crippen LogP contribution in [0.3, 0.4) is 0 Å². The lowest BCUT2D eigenvalue weighted by Crippen LogP contribution is -2.44. The Bertz CT molecular complexity index is 922. The molecule has 0 saturated carbocycles. The fourth-order valence-corrected chi connectivity index (χ4v) is 3.34. The lowest BCUT2D eigenvalue weighted by atomic mass is 10.2. The fraction of sp³-hybridized carbons (Fsp3) is 0.304. The maximum Gasteiger partial charge on any atom is 0.136 e. The smallest absolute Gasteiger partial charge is 0.136 e. The summed E-state index contributed by atoms with van der Waals surface area (Å²) in [5, 5.41) is 3.39. The zero-order chi connectivity index (χ0) is 20.1. The molecule has 0 spiro atoms. The van der Waals surface area contributed by atoms with Crippen molar-refractivity contribution in [2.24, 2.45) is 0 Å². The average molecular weight is 390 g/mol. The van der Waals surface area contributed by atoms with E-state index in [0.29, 0.717) is 6.61 Å². The van der Waals surface area contributed by atoms with Crippen LogP contribution in [0.15, 0.2) is 60.7 Å². The number of anilines is 3. The molecule has 1 aliphatic rings. The van der Waals surface area contributed by atoms with Gasteiger partial charge in [-0.25, -0.2) is 9.97 Å². The van der Waals surface area contributed by atoms with E-state index < -0.39 is 0 Å². The van der Waals surface area contributed by atoms with E-state index in [1.807, 2.05) is 55.5 Å². The van der Waals surface area contributed by atoms with Crippen molar-refractivity contribution in [3.05, 3.63) is 72.1 Å². The van der Waals surface area contributed by atoms with Gasteiger partial charge in [0.2, 0.25) is 0 Å². The monoisotopic (exact) mass is 389 g/mol. The number of benzene rings is 2. The zero-order valence-electron chi connectivity index (χ0n) is 17.0. The maximum absolute atomic E-state index is 5.86. The van der Waals surface area contributed by atoms with Crippen molar-refractivity contribution in [1.29, 1.82) is 0 Å². The predicted molar refractivity (Wildman–Crippen MR) is 117 cm³/mol. The Labute approximate surface area is 172 Å². The number of rotatable bonds is 6. The minimum atomic E-state index is 0.563. The molecule has 150 valence electrons. The number of piperazine rings is 1. The predicted octanol–water partition coefficient (Wildman–Crippen LogP) is 3.86. The summed E-state index contributed by atoms with van der Waals surface area (Å²) in [5.41, 5.74) is 2.13. The summed E-state index contributed by atoms with van der Waals surface area (Å²) in [7, 11) is 2.16. The van der Waals surface area contributed by atoms with Crippen LogP contribution < -0.4 is 15.0 Å². The Kier molecular flexibility index (Phi) is 5.91. The van der Waals surface area contributed by atoms with Gasteiger partial charge in [0.25, 0.3) is 0 Å². The first kappa shape index (κ1) is 19.2. The van der Waals surface area contributed by atoms with Crippen molar-refractivity contribution >= 4 is 17.3 Å². The van der Waals surface area contributed by atoms with E-state index in [-0.39, 0.29) is 0 Å². The van der Waals surface area contributed by atoms with E-state index in [9.17, 15) is 0 Å². The lowest BCUT2D eigenvalue weighted by molar-refractivity contribution is 0.306. The van der Waals surface area contributed by atoms with Crippen LogP contribution in [0.1, 0.15) is 11.4 Å². The molecule has 1 aliphatic heterocycles. The van der Waals surface area contributed by atoms with Crippen LogP contribution in [0.2, 0.25) is 0 Å². The second-order valence-corrected chi connectivity index (χ2v) is 7.37. The van der Waals surface area contributed by atoms with Gasteiger partial charge in [-0.15, -0.1) is 0 Å². The Morgan fingerprint density at radius 1 is 0.931 bits per heavy atom. The minimum absolute atomic E-state index is 0.563. The Morgan fingerprint density at radius 3 is 2.38 bits per heavy atom. The molecule has 1 N–H and O–H groups in total. The zero-order valence-corrected chi connectivity index (χ0v) is 17.0. The number of hydrogen-bond donors (Lipinski definition) is 1. The van der Waals surface area contributed by atoms with Crippen LogP contribution in [-0.2, 0) is 6.61 Å². The maximum atomic E-state index is 5.86. The van der Waals surface area contributed by atoms with Crippen LogP contribution in [0.25, 0.3) is 0 Å². The largest absolute Gasteiger partial charge is 0.489 e. The highest BCUT2D eigenvalue weighted by Crippen LogP contribution is 2.23. The van der Waals surface area contributed by atoms with Gasteiger partial charge in [0.1, 0.15) is 29.8 Å². The topological polar surface area (TPSA) is 53.5 Å². The molecule has 4 rings (SSSR count). The quantitative estimate of drug-likeness (QED) is 0.691. The van der Waals surface area contributed by atoms with Gasteiger partial charge in [0, 0.05) is 37.9 Å². The molecule has 0 atom stereocenters. The van der Waals surface area contributed by atoms with Gasteiger partial charge in [0.15, 0.2) is 0 Å². The normalized spacial score (nSPS) is 14.6. The Morgan fingerprint density at radius 2 is 1.66 bits per heavy atom. The third-order valence-corrected chi connectivity index (χ3v) is 5.03. The van der Waals surface area contributed by atoms with Crippen LogP contribution in [0.5, 0.6) is 5.75 Å². The minimum Gasteiger partial charge on any atom is -0.489 e. The van der Waals surface area contributed by atoms with Crippen molar-refractivity contribution in [3.63, 3.8) is 0 Å². The van der Waals surface area contributed by atoms with Crippen molar-refractivity contribution in [2.45, 2.75) is 13.5 Å². The van der Waals surface area contributed by atoms with E-state index in [1.165, 1.54) is 0 Å². The second-order valence-electron chi connectivity index (χ2n) is 7.37. The van der Waals surface area contributed by atoms with Gasteiger partial charge in [-0.05, 0) is 43.8 Å². The average Bonchev–Trinajstić information content (AvgIpc) is 2.74. The molecule has 6 heteroatoms. The van der Waals surface area contributed by atoms with Crippen LogP contribution in [0, 0.1) is 6.92 Å². The highest BCUT2D eigenvalue weighted by Gasteiger charge is 2.16. The molecule has 1 aromatic heterocycles. The first-order chi connectivity index (χ1) is 14.2. The third-order valence-electron chi connectivity index (χ3n) is 5.03. The highest BCUT2D eigenvalue weighted by molar-refractivity contribution is 5.60. The number of aromatic nitrogens is 2. The lowest BCUT2D eigenvalue weighted by Gasteiger charge is -2.33. The molecule has 1 fully saturated rings. The van der Waals surface area contributed by atoms with E-state index in [1.54, 1.807) is 0 Å². The van der Waals surface area contributed by atoms with Crippen LogP contribution in [-0.4, -0.2) is 48.1 Å². The number of hydrogen-bond acceptors (Lipinski definition) is 6. The number of aryl methyl sites for hydroxylation is 1. The van der Waals surface area contributed by atoms with Crippen molar-refractivity contribution in [1.82, 2.24) is 14.9 Å². The van der Waals surface area contributed by atoms with E-state index in [0.717, 1.165) is 60.6 Å².